The first kappa shape index (κ1) is 17.4. The molecule has 1 aromatic heterocycles. The highest BCUT2D eigenvalue weighted by Crippen LogP contribution is 2.35. The normalized spacial score (nSPS) is 13.4. The number of thioether (sulfide) groups is 1. The standard InChI is InChI=1S/C18H18N2O4S/c1-11-5-12(2)20-18(15(11)7-19)25-9-13(21)8-22-14-3-4-16-17(6-14)24-10-23-16/h3-6,13,21H,8-10H2,1-2H3. The van der Waals surface area contributed by atoms with Crippen LogP contribution in [-0.4, -0.2) is 35.3 Å². The van der Waals surface area contributed by atoms with Crippen molar-refractivity contribution in [2.75, 3.05) is 19.2 Å². The van der Waals surface area contributed by atoms with Gasteiger partial charge in [-0.1, -0.05) is 0 Å². The van der Waals surface area contributed by atoms with Crippen LogP contribution in [0.1, 0.15) is 16.8 Å². The fraction of sp³-hybridized carbons (Fsp3) is 0.333. The van der Waals surface area contributed by atoms with Gasteiger partial charge in [0, 0.05) is 17.5 Å². The van der Waals surface area contributed by atoms with Gasteiger partial charge in [-0.05, 0) is 37.6 Å². The molecular weight excluding hydrogens is 340 g/mol. The van der Waals surface area contributed by atoms with Crippen molar-refractivity contribution in [3.8, 4) is 23.3 Å². The Morgan fingerprint density at radius 3 is 2.92 bits per heavy atom. The topological polar surface area (TPSA) is 84.6 Å². The lowest BCUT2D eigenvalue weighted by atomic mass is 10.1. The van der Waals surface area contributed by atoms with Crippen LogP contribution in [0.3, 0.4) is 0 Å². The van der Waals surface area contributed by atoms with E-state index in [1.54, 1.807) is 18.2 Å². The van der Waals surface area contributed by atoms with E-state index in [0.29, 0.717) is 33.6 Å². The Labute approximate surface area is 150 Å². The molecule has 0 saturated carbocycles. The number of nitrogens with zero attached hydrogens (tertiary/aromatic N) is 2. The zero-order chi connectivity index (χ0) is 17.8. The number of ether oxygens (including phenoxy) is 3. The van der Waals surface area contributed by atoms with Crippen molar-refractivity contribution in [3.05, 3.63) is 41.1 Å². The van der Waals surface area contributed by atoms with E-state index in [0.717, 1.165) is 11.3 Å². The third-order valence-corrected chi connectivity index (χ3v) is 4.74. The van der Waals surface area contributed by atoms with E-state index in [1.165, 1.54) is 11.8 Å². The number of nitriles is 1. The molecule has 1 atom stereocenters. The Morgan fingerprint density at radius 2 is 2.12 bits per heavy atom. The monoisotopic (exact) mass is 358 g/mol. The molecule has 0 saturated heterocycles. The molecule has 0 radical (unpaired) electrons. The largest absolute Gasteiger partial charge is 0.491 e. The molecule has 2 heterocycles. The summed E-state index contributed by atoms with van der Waals surface area (Å²) in [6, 6.07) is 9.33. The zero-order valence-corrected chi connectivity index (χ0v) is 14.8. The Kier molecular flexibility index (Phi) is 5.31. The summed E-state index contributed by atoms with van der Waals surface area (Å²) in [6.07, 6.45) is -0.690. The van der Waals surface area contributed by atoms with Crippen molar-refractivity contribution in [3.63, 3.8) is 0 Å². The first-order chi connectivity index (χ1) is 12.1. The van der Waals surface area contributed by atoms with Crippen LogP contribution >= 0.6 is 11.8 Å². The van der Waals surface area contributed by atoms with Gasteiger partial charge in [0.15, 0.2) is 11.5 Å². The Bertz CT molecular complexity index is 819. The molecule has 130 valence electrons. The fourth-order valence-electron chi connectivity index (χ4n) is 2.43. The number of aryl methyl sites for hydroxylation is 2. The highest BCUT2D eigenvalue weighted by molar-refractivity contribution is 7.99. The number of aromatic nitrogens is 1. The SMILES string of the molecule is Cc1cc(C)c(C#N)c(SCC(O)COc2ccc3c(c2)OCO3)n1. The molecule has 25 heavy (non-hydrogen) atoms. The van der Waals surface area contributed by atoms with Gasteiger partial charge in [-0.25, -0.2) is 4.98 Å². The van der Waals surface area contributed by atoms with E-state index in [2.05, 4.69) is 11.1 Å². The molecule has 1 N–H and O–H groups in total. The smallest absolute Gasteiger partial charge is 0.231 e. The molecule has 0 bridgehead atoms. The first-order valence-electron chi connectivity index (χ1n) is 7.78. The van der Waals surface area contributed by atoms with Crippen LogP contribution in [0.4, 0.5) is 0 Å². The second-order valence-electron chi connectivity index (χ2n) is 5.66. The number of hydrogen-bond acceptors (Lipinski definition) is 7. The first-order valence-corrected chi connectivity index (χ1v) is 8.77. The number of aliphatic hydroxyl groups excluding tert-OH is 1. The Morgan fingerprint density at radius 1 is 1.32 bits per heavy atom. The summed E-state index contributed by atoms with van der Waals surface area (Å²) in [5, 5.41) is 20.1. The molecule has 0 aliphatic carbocycles. The quantitative estimate of drug-likeness (QED) is 0.795. The Balaban J connectivity index is 1.55. The van der Waals surface area contributed by atoms with Crippen LogP contribution in [0, 0.1) is 25.2 Å². The molecule has 6 nitrogen and oxygen atoms in total. The molecule has 0 amide bonds. The minimum absolute atomic E-state index is 0.138. The summed E-state index contributed by atoms with van der Waals surface area (Å²) in [7, 11) is 0. The van der Waals surface area contributed by atoms with Crippen LogP contribution < -0.4 is 14.2 Å². The lowest BCUT2D eigenvalue weighted by Crippen LogP contribution is -2.20. The average molecular weight is 358 g/mol. The summed E-state index contributed by atoms with van der Waals surface area (Å²) in [6.45, 7) is 4.12. The highest BCUT2D eigenvalue weighted by atomic mass is 32.2. The number of aliphatic hydroxyl groups is 1. The van der Waals surface area contributed by atoms with Crippen LogP contribution in [0.15, 0.2) is 29.3 Å². The van der Waals surface area contributed by atoms with E-state index in [9.17, 15) is 10.4 Å². The summed E-state index contributed by atoms with van der Waals surface area (Å²) in [4.78, 5) is 4.39. The van der Waals surface area contributed by atoms with E-state index in [4.69, 9.17) is 14.2 Å². The summed E-state index contributed by atoms with van der Waals surface area (Å²) in [5.41, 5.74) is 2.30. The molecular formula is C18H18N2O4S. The number of pyridine rings is 1. The number of fused-ring (bicyclic) bond motifs is 1. The number of benzene rings is 1. The third-order valence-electron chi connectivity index (χ3n) is 3.62. The fourth-order valence-corrected chi connectivity index (χ4v) is 3.43. The van der Waals surface area contributed by atoms with Gasteiger partial charge in [0.2, 0.25) is 6.79 Å². The van der Waals surface area contributed by atoms with E-state index in [1.807, 2.05) is 19.9 Å². The minimum atomic E-state index is -0.690. The van der Waals surface area contributed by atoms with Crippen molar-refractivity contribution in [1.29, 1.82) is 5.26 Å². The molecule has 7 heteroatoms. The van der Waals surface area contributed by atoms with Gasteiger partial charge < -0.3 is 19.3 Å². The van der Waals surface area contributed by atoms with Gasteiger partial charge >= 0.3 is 0 Å². The van der Waals surface area contributed by atoms with E-state index >= 15 is 0 Å². The highest BCUT2D eigenvalue weighted by Gasteiger charge is 2.15. The van der Waals surface area contributed by atoms with Gasteiger partial charge in [-0.2, -0.15) is 5.26 Å². The second kappa shape index (κ2) is 7.64. The summed E-state index contributed by atoms with van der Waals surface area (Å²) >= 11 is 1.36. The van der Waals surface area contributed by atoms with Crippen molar-refractivity contribution < 1.29 is 19.3 Å². The van der Waals surface area contributed by atoms with Crippen LogP contribution in [0.25, 0.3) is 0 Å². The van der Waals surface area contributed by atoms with E-state index in [-0.39, 0.29) is 13.4 Å². The lowest BCUT2D eigenvalue weighted by Gasteiger charge is -2.13. The molecule has 1 aliphatic rings. The maximum Gasteiger partial charge on any atom is 0.231 e. The van der Waals surface area contributed by atoms with Gasteiger partial charge in [0.05, 0.1) is 11.7 Å². The van der Waals surface area contributed by atoms with Crippen molar-refractivity contribution in [2.45, 2.75) is 25.0 Å². The van der Waals surface area contributed by atoms with Gasteiger partial charge in [-0.3, -0.25) is 0 Å². The molecule has 1 unspecified atom stereocenters. The van der Waals surface area contributed by atoms with Crippen molar-refractivity contribution >= 4 is 11.8 Å². The van der Waals surface area contributed by atoms with E-state index < -0.39 is 6.10 Å². The summed E-state index contributed by atoms with van der Waals surface area (Å²) in [5.74, 6) is 2.32. The molecule has 1 aliphatic heterocycles. The molecule has 0 spiro atoms. The number of rotatable bonds is 6. The molecule has 0 fully saturated rings. The van der Waals surface area contributed by atoms with Crippen LogP contribution in [-0.2, 0) is 0 Å². The summed E-state index contributed by atoms with van der Waals surface area (Å²) < 4.78 is 16.1. The van der Waals surface area contributed by atoms with Crippen LogP contribution in [0.2, 0.25) is 0 Å². The molecule has 3 rings (SSSR count). The minimum Gasteiger partial charge on any atom is -0.491 e. The average Bonchev–Trinajstić information content (AvgIpc) is 3.05. The maximum absolute atomic E-state index is 10.2. The Hall–Kier alpha value is -2.43. The van der Waals surface area contributed by atoms with Crippen LogP contribution in [0.5, 0.6) is 17.2 Å². The predicted octanol–water partition coefficient (Wildman–Crippen LogP) is 2.83. The zero-order valence-electron chi connectivity index (χ0n) is 14.0. The second-order valence-corrected chi connectivity index (χ2v) is 6.67. The van der Waals surface area contributed by atoms with Gasteiger partial charge in [0.25, 0.3) is 0 Å². The van der Waals surface area contributed by atoms with Gasteiger partial charge in [-0.15, -0.1) is 11.8 Å². The lowest BCUT2D eigenvalue weighted by molar-refractivity contribution is 0.126. The maximum atomic E-state index is 10.2. The van der Waals surface area contributed by atoms with Crippen molar-refractivity contribution in [1.82, 2.24) is 4.98 Å². The van der Waals surface area contributed by atoms with Crippen molar-refractivity contribution in [2.24, 2.45) is 0 Å². The molecule has 1 aromatic carbocycles. The predicted molar refractivity (Wildman–Crippen MR) is 93.2 cm³/mol. The number of hydrogen-bond donors (Lipinski definition) is 1. The molecule has 2 aromatic rings. The third kappa shape index (κ3) is 4.16. The van der Waals surface area contributed by atoms with Gasteiger partial charge in [0.1, 0.15) is 23.5 Å².